The Morgan fingerprint density at radius 2 is 1.71 bits per heavy atom. The van der Waals surface area contributed by atoms with Crippen molar-refractivity contribution < 1.29 is 18.9 Å². The van der Waals surface area contributed by atoms with Crippen LogP contribution in [0.1, 0.15) is 18.3 Å². The molecule has 0 aromatic heterocycles. The lowest BCUT2D eigenvalue weighted by atomic mass is 10.1. The largest absolute Gasteiger partial charge is 0.496 e. The highest BCUT2D eigenvalue weighted by molar-refractivity contribution is 9.10. The Labute approximate surface area is 109 Å². The van der Waals surface area contributed by atoms with E-state index in [0.717, 1.165) is 28.0 Å². The van der Waals surface area contributed by atoms with Crippen LogP contribution in [0.5, 0.6) is 11.5 Å². The lowest BCUT2D eigenvalue weighted by Crippen LogP contribution is -2.19. The van der Waals surface area contributed by atoms with Gasteiger partial charge in [-0.2, -0.15) is 0 Å². The molecule has 1 heterocycles. The Bertz CT molecular complexity index is 388. The van der Waals surface area contributed by atoms with E-state index in [-0.39, 0.29) is 0 Å². The third-order valence-corrected chi connectivity index (χ3v) is 3.42. The fraction of sp³-hybridized carbons (Fsp3) is 0.500. The van der Waals surface area contributed by atoms with Crippen LogP contribution < -0.4 is 9.47 Å². The van der Waals surface area contributed by atoms with Gasteiger partial charge in [0.05, 0.1) is 37.5 Å². The van der Waals surface area contributed by atoms with Crippen molar-refractivity contribution in [2.75, 3.05) is 27.4 Å². The van der Waals surface area contributed by atoms with Gasteiger partial charge in [0.25, 0.3) is 0 Å². The minimum atomic E-state index is -0.400. The van der Waals surface area contributed by atoms with Gasteiger partial charge in [-0.1, -0.05) is 0 Å². The van der Waals surface area contributed by atoms with Gasteiger partial charge < -0.3 is 18.9 Å². The second-order valence-corrected chi connectivity index (χ2v) is 4.42. The molecule has 0 saturated carbocycles. The van der Waals surface area contributed by atoms with Crippen LogP contribution in [-0.4, -0.2) is 27.4 Å². The van der Waals surface area contributed by atoms with Crippen LogP contribution in [0.15, 0.2) is 16.6 Å². The number of benzene rings is 1. The van der Waals surface area contributed by atoms with Crippen molar-refractivity contribution >= 4 is 15.9 Å². The van der Waals surface area contributed by atoms with Crippen LogP contribution in [0.2, 0.25) is 0 Å². The quantitative estimate of drug-likeness (QED) is 0.860. The molecule has 4 nitrogen and oxygen atoms in total. The van der Waals surface area contributed by atoms with Crippen LogP contribution in [-0.2, 0) is 9.47 Å². The first kappa shape index (κ1) is 12.7. The van der Waals surface area contributed by atoms with E-state index in [1.54, 1.807) is 14.2 Å². The summed E-state index contributed by atoms with van der Waals surface area (Å²) in [4.78, 5) is 0. The van der Waals surface area contributed by atoms with Crippen LogP contribution in [0, 0.1) is 0 Å². The van der Waals surface area contributed by atoms with Gasteiger partial charge in [0.2, 0.25) is 0 Å². The molecular weight excluding hydrogens is 288 g/mol. The maximum atomic E-state index is 5.60. The molecule has 0 bridgehead atoms. The normalized spacial score (nSPS) is 16.9. The number of ether oxygens (including phenoxy) is 4. The maximum absolute atomic E-state index is 5.60. The summed E-state index contributed by atoms with van der Waals surface area (Å²) in [6.45, 7) is 1.38. The molecule has 0 unspecified atom stereocenters. The van der Waals surface area contributed by atoms with Crippen molar-refractivity contribution in [2.24, 2.45) is 0 Å². The maximum Gasteiger partial charge on any atom is 0.188 e. The molecule has 5 heteroatoms. The zero-order valence-electron chi connectivity index (χ0n) is 9.86. The third kappa shape index (κ3) is 2.56. The van der Waals surface area contributed by atoms with Crippen molar-refractivity contribution in [1.29, 1.82) is 0 Å². The summed E-state index contributed by atoms with van der Waals surface area (Å²) in [6, 6.07) is 3.69. The lowest BCUT2D eigenvalue weighted by molar-refractivity contribution is -0.184. The van der Waals surface area contributed by atoms with Crippen molar-refractivity contribution in [1.82, 2.24) is 0 Å². The standard InChI is InChI=1S/C12H15BrO4/c1-14-8-4-5-9(15-2)11(13)10(8)12-16-6-3-7-17-12/h4-5,12H,3,6-7H2,1-2H3. The van der Waals surface area contributed by atoms with Crippen molar-refractivity contribution in [3.63, 3.8) is 0 Å². The molecule has 94 valence electrons. The molecule has 0 amide bonds. The van der Waals surface area contributed by atoms with Gasteiger partial charge in [0.1, 0.15) is 11.5 Å². The number of halogens is 1. The van der Waals surface area contributed by atoms with Crippen molar-refractivity contribution in [2.45, 2.75) is 12.7 Å². The predicted octanol–water partition coefficient (Wildman–Crippen LogP) is 2.90. The highest BCUT2D eigenvalue weighted by Gasteiger charge is 2.25. The van der Waals surface area contributed by atoms with Gasteiger partial charge in [0.15, 0.2) is 6.29 Å². The summed E-state index contributed by atoms with van der Waals surface area (Å²) in [5, 5.41) is 0. The summed E-state index contributed by atoms with van der Waals surface area (Å²) < 4.78 is 22.6. The second-order valence-electron chi connectivity index (χ2n) is 3.62. The van der Waals surface area contributed by atoms with E-state index in [1.165, 1.54) is 0 Å². The smallest absolute Gasteiger partial charge is 0.188 e. The van der Waals surface area contributed by atoms with E-state index in [0.29, 0.717) is 13.2 Å². The van der Waals surface area contributed by atoms with Crippen molar-refractivity contribution in [3.8, 4) is 11.5 Å². The number of rotatable bonds is 3. The summed E-state index contributed by atoms with van der Waals surface area (Å²) in [5.74, 6) is 1.46. The monoisotopic (exact) mass is 302 g/mol. The Hall–Kier alpha value is -0.780. The Morgan fingerprint density at radius 3 is 2.29 bits per heavy atom. The fourth-order valence-electron chi connectivity index (χ4n) is 1.76. The predicted molar refractivity (Wildman–Crippen MR) is 66.5 cm³/mol. The molecule has 1 aliphatic rings. The topological polar surface area (TPSA) is 36.9 Å². The second kappa shape index (κ2) is 5.71. The first-order valence-electron chi connectivity index (χ1n) is 5.41. The average Bonchev–Trinajstić information content (AvgIpc) is 2.39. The molecule has 1 aliphatic heterocycles. The van der Waals surface area contributed by atoms with Crippen LogP contribution in [0.3, 0.4) is 0 Å². The van der Waals surface area contributed by atoms with Crippen LogP contribution >= 0.6 is 15.9 Å². The van der Waals surface area contributed by atoms with E-state index < -0.39 is 6.29 Å². The molecule has 1 saturated heterocycles. The SMILES string of the molecule is COc1ccc(OC)c(C2OCCCO2)c1Br. The highest BCUT2D eigenvalue weighted by atomic mass is 79.9. The van der Waals surface area contributed by atoms with Crippen LogP contribution in [0.25, 0.3) is 0 Å². The number of hydrogen-bond acceptors (Lipinski definition) is 4. The zero-order valence-corrected chi connectivity index (χ0v) is 11.5. The molecule has 1 aromatic carbocycles. The van der Waals surface area contributed by atoms with E-state index in [2.05, 4.69) is 15.9 Å². The molecule has 1 aromatic rings. The molecule has 17 heavy (non-hydrogen) atoms. The van der Waals surface area contributed by atoms with Gasteiger partial charge in [-0.05, 0) is 34.5 Å². The van der Waals surface area contributed by atoms with Gasteiger partial charge >= 0.3 is 0 Å². The summed E-state index contributed by atoms with van der Waals surface area (Å²) >= 11 is 3.50. The van der Waals surface area contributed by atoms with Gasteiger partial charge in [-0.3, -0.25) is 0 Å². The molecule has 0 atom stereocenters. The lowest BCUT2D eigenvalue weighted by Gasteiger charge is -2.26. The number of hydrogen-bond donors (Lipinski definition) is 0. The van der Waals surface area contributed by atoms with E-state index in [9.17, 15) is 0 Å². The Morgan fingerprint density at radius 1 is 1.12 bits per heavy atom. The van der Waals surface area contributed by atoms with Gasteiger partial charge in [-0.25, -0.2) is 0 Å². The van der Waals surface area contributed by atoms with E-state index in [4.69, 9.17) is 18.9 Å². The Kier molecular flexibility index (Phi) is 4.25. The molecular formula is C12H15BrO4. The molecule has 0 aliphatic carbocycles. The summed E-state index contributed by atoms with van der Waals surface area (Å²) in [7, 11) is 3.25. The minimum absolute atomic E-state index is 0.400. The van der Waals surface area contributed by atoms with E-state index >= 15 is 0 Å². The number of methoxy groups -OCH3 is 2. The molecule has 1 fully saturated rings. The molecule has 0 radical (unpaired) electrons. The fourth-order valence-corrected chi connectivity index (χ4v) is 2.44. The van der Waals surface area contributed by atoms with Crippen LogP contribution in [0.4, 0.5) is 0 Å². The molecule has 2 rings (SSSR count). The Balaban J connectivity index is 2.40. The van der Waals surface area contributed by atoms with E-state index in [1.807, 2.05) is 12.1 Å². The molecule has 0 N–H and O–H groups in total. The zero-order chi connectivity index (χ0) is 12.3. The van der Waals surface area contributed by atoms with Crippen molar-refractivity contribution in [3.05, 3.63) is 22.2 Å². The first-order valence-corrected chi connectivity index (χ1v) is 6.20. The highest BCUT2D eigenvalue weighted by Crippen LogP contribution is 2.41. The summed E-state index contributed by atoms with van der Waals surface area (Å²) in [6.07, 6.45) is 0.517. The first-order chi connectivity index (χ1) is 8.27. The van der Waals surface area contributed by atoms with Gasteiger partial charge in [-0.15, -0.1) is 0 Å². The average molecular weight is 303 g/mol. The third-order valence-electron chi connectivity index (χ3n) is 2.61. The molecule has 0 spiro atoms. The minimum Gasteiger partial charge on any atom is -0.496 e. The summed E-state index contributed by atoms with van der Waals surface area (Å²) in [5.41, 5.74) is 0.839. The van der Waals surface area contributed by atoms with Gasteiger partial charge in [0, 0.05) is 0 Å².